The van der Waals surface area contributed by atoms with E-state index in [-0.39, 0.29) is 90.1 Å². The number of allylic oxidation sites excluding steroid dienone is 8. The molecule has 2 aliphatic rings. The molecule has 46 heavy (non-hydrogen) atoms. The van der Waals surface area contributed by atoms with E-state index in [1.807, 2.05) is 12.1 Å². The molecule has 3 aromatic rings. The van der Waals surface area contributed by atoms with Gasteiger partial charge in [-0.3, -0.25) is 0 Å². The van der Waals surface area contributed by atoms with Crippen LogP contribution in [0.5, 0.6) is 0 Å². The average Bonchev–Trinajstić information content (AvgIpc) is 3.59. The number of aromatic nitrogens is 4. The second-order valence-corrected chi connectivity index (χ2v) is 8.99. The molecule has 0 spiro atoms. The second-order valence-electron chi connectivity index (χ2n) is 8.99. The number of hydrogen-bond donors (Lipinski definition) is 0. The zero-order chi connectivity index (χ0) is 33.1. The van der Waals surface area contributed by atoms with Crippen LogP contribution in [-0.2, 0) is 0 Å². The van der Waals surface area contributed by atoms with Crippen LogP contribution in [0, 0.1) is 113 Å². The monoisotopic (exact) mass is 584 g/mol. The van der Waals surface area contributed by atoms with E-state index in [0.717, 1.165) is 12.1 Å². The number of nitriles is 10. The molecule has 0 amide bonds. The quantitative estimate of drug-likeness (QED) is 0.390. The third-order valence-corrected chi connectivity index (χ3v) is 6.76. The molecule has 2 aromatic heterocycles. The van der Waals surface area contributed by atoms with Gasteiger partial charge in [0, 0.05) is 45.6 Å². The topological polar surface area (TPSA) is 289 Å². The van der Waals surface area contributed by atoms with Gasteiger partial charge in [0.05, 0.1) is 11.1 Å². The van der Waals surface area contributed by atoms with Gasteiger partial charge in [0.15, 0.2) is 11.6 Å². The molecule has 0 aliphatic heterocycles. The first kappa shape index (κ1) is 28.8. The number of fused-ring (bicyclic) bond motifs is 2. The molecule has 202 valence electrons. The SMILES string of the molecule is N#CC(C#N)=C1C(c2nc(C#N)cc(C#N)n2)=C(C#N)c2cc3c(cc21)C(=C(C#N)C#N)C(c1nc(C#N)cc(C#N)n1)=C3C#N. The second kappa shape index (κ2) is 11.3. The number of nitrogens with zero attached hydrogens (tertiary/aromatic N) is 14. The van der Waals surface area contributed by atoms with Gasteiger partial charge in [0.25, 0.3) is 0 Å². The zero-order valence-corrected chi connectivity index (χ0v) is 22.6. The summed E-state index contributed by atoms with van der Waals surface area (Å²) in [6, 6.07) is 23.2. The van der Waals surface area contributed by atoms with E-state index < -0.39 is 11.1 Å². The predicted octanol–water partition coefficient (Wildman–Crippen LogP) is 3.25. The molecular weight excluding hydrogens is 580 g/mol. The number of benzene rings is 1. The van der Waals surface area contributed by atoms with Crippen LogP contribution in [-0.4, -0.2) is 19.9 Å². The molecule has 0 saturated carbocycles. The summed E-state index contributed by atoms with van der Waals surface area (Å²) < 4.78 is 0. The van der Waals surface area contributed by atoms with E-state index in [9.17, 15) is 52.6 Å². The van der Waals surface area contributed by atoms with Crippen molar-refractivity contribution in [2.24, 2.45) is 0 Å². The van der Waals surface area contributed by atoms with Crippen molar-refractivity contribution in [3.05, 3.63) is 92.1 Å². The third-order valence-electron chi connectivity index (χ3n) is 6.76. The number of rotatable bonds is 2. The summed E-state index contributed by atoms with van der Waals surface area (Å²) in [5.74, 6) is -0.594. The maximum Gasteiger partial charge on any atom is 0.164 e. The first-order chi connectivity index (χ1) is 22.4. The highest BCUT2D eigenvalue weighted by atomic mass is 14.9. The van der Waals surface area contributed by atoms with Crippen molar-refractivity contribution in [2.75, 3.05) is 0 Å². The standard InChI is InChI=1S/C32H4N14/c33-5-15(6-34)27-23-4-24-22(3-21(23)25(13-41)29(27)31-43-17(9-37)1-18(10-38)44-31)26(14-42)30(28(24)16(7-35)8-36)32-45-19(11-39)2-20(12-40)46-32/h1-4H. The Hall–Kier alpha value is -8.76. The van der Waals surface area contributed by atoms with Crippen LogP contribution in [0.2, 0.25) is 0 Å². The lowest BCUT2D eigenvalue weighted by molar-refractivity contribution is 1.08. The van der Waals surface area contributed by atoms with Crippen LogP contribution in [0.25, 0.3) is 33.4 Å². The minimum atomic E-state index is -0.493. The Bertz CT molecular complexity index is 2300. The fourth-order valence-electron chi connectivity index (χ4n) is 5.04. The molecule has 2 heterocycles. The Kier molecular flexibility index (Phi) is 7.04. The molecule has 0 N–H and O–H groups in total. The van der Waals surface area contributed by atoms with Gasteiger partial charge in [-0.05, 0) is 23.3 Å². The molecule has 1 aromatic carbocycles. The molecule has 0 saturated heterocycles. The normalized spacial score (nSPS) is 11.9. The maximum absolute atomic E-state index is 10.3. The molecule has 0 bridgehead atoms. The Balaban J connectivity index is 1.97. The maximum atomic E-state index is 10.3. The summed E-state index contributed by atoms with van der Waals surface area (Å²) in [5, 5.41) is 98.3. The van der Waals surface area contributed by atoms with Crippen LogP contribution in [0.15, 0.2) is 35.4 Å². The van der Waals surface area contributed by atoms with E-state index in [1.54, 1.807) is 48.6 Å². The van der Waals surface area contributed by atoms with Crippen molar-refractivity contribution in [1.82, 2.24) is 19.9 Å². The fraction of sp³-hybridized carbons (Fsp3) is 0. The van der Waals surface area contributed by atoms with Crippen molar-refractivity contribution in [3.8, 4) is 60.7 Å². The van der Waals surface area contributed by atoms with E-state index in [0.29, 0.717) is 0 Å². The molecule has 0 unspecified atom stereocenters. The first-order valence-electron chi connectivity index (χ1n) is 12.3. The van der Waals surface area contributed by atoms with Gasteiger partial charge in [-0.25, -0.2) is 19.9 Å². The van der Waals surface area contributed by atoms with Crippen LogP contribution >= 0.6 is 0 Å². The molecule has 14 heteroatoms. The van der Waals surface area contributed by atoms with Crippen molar-refractivity contribution in [3.63, 3.8) is 0 Å². The van der Waals surface area contributed by atoms with Gasteiger partial charge in [-0.1, -0.05) is 0 Å². The van der Waals surface area contributed by atoms with Crippen molar-refractivity contribution >= 4 is 33.4 Å². The van der Waals surface area contributed by atoms with E-state index >= 15 is 0 Å². The van der Waals surface area contributed by atoms with Gasteiger partial charge in [-0.2, -0.15) is 52.6 Å². The lowest BCUT2D eigenvalue weighted by atomic mass is 9.91. The molecule has 0 radical (unpaired) electrons. The molecule has 0 atom stereocenters. The van der Waals surface area contributed by atoms with Gasteiger partial charge in [-0.15, -0.1) is 0 Å². The van der Waals surface area contributed by atoms with Crippen LogP contribution in [0.3, 0.4) is 0 Å². The average molecular weight is 584 g/mol. The highest BCUT2D eigenvalue weighted by molar-refractivity contribution is 6.29. The summed E-state index contributed by atoms with van der Waals surface area (Å²) in [6.45, 7) is 0. The van der Waals surface area contributed by atoms with Crippen LogP contribution in [0.1, 0.15) is 56.7 Å². The lowest BCUT2D eigenvalue weighted by Gasteiger charge is -2.11. The molecule has 14 nitrogen and oxygen atoms in total. The molecule has 2 aliphatic carbocycles. The fourth-order valence-corrected chi connectivity index (χ4v) is 5.04. The van der Waals surface area contributed by atoms with Crippen LogP contribution < -0.4 is 0 Å². The molecule has 5 rings (SSSR count). The number of hydrogen-bond acceptors (Lipinski definition) is 14. The minimum Gasteiger partial charge on any atom is -0.217 e. The van der Waals surface area contributed by atoms with Crippen molar-refractivity contribution < 1.29 is 0 Å². The molecular formula is C32H4N14. The Morgan fingerprint density at radius 1 is 0.391 bits per heavy atom. The van der Waals surface area contributed by atoms with E-state index in [1.165, 1.54) is 12.1 Å². The van der Waals surface area contributed by atoms with E-state index in [2.05, 4.69) is 19.9 Å². The first-order valence-corrected chi connectivity index (χ1v) is 12.3. The summed E-state index contributed by atoms with van der Waals surface area (Å²) in [6.07, 6.45) is 0. The lowest BCUT2D eigenvalue weighted by Crippen LogP contribution is -2.02. The summed E-state index contributed by atoms with van der Waals surface area (Å²) in [4.78, 5) is 16.5. The third kappa shape index (κ3) is 4.19. The van der Waals surface area contributed by atoms with E-state index in [4.69, 9.17) is 0 Å². The summed E-state index contributed by atoms with van der Waals surface area (Å²) >= 11 is 0. The van der Waals surface area contributed by atoms with Gasteiger partial charge in [0.1, 0.15) is 94.6 Å². The summed E-state index contributed by atoms with van der Waals surface area (Å²) in [5.41, 5.74) is -2.38. The molecule has 0 fully saturated rings. The van der Waals surface area contributed by atoms with Gasteiger partial charge < -0.3 is 0 Å². The van der Waals surface area contributed by atoms with Crippen molar-refractivity contribution in [2.45, 2.75) is 0 Å². The van der Waals surface area contributed by atoms with Gasteiger partial charge >= 0.3 is 0 Å². The predicted molar refractivity (Wildman–Crippen MR) is 151 cm³/mol. The zero-order valence-electron chi connectivity index (χ0n) is 22.6. The smallest absolute Gasteiger partial charge is 0.164 e. The largest absolute Gasteiger partial charge is 0.217 e. The highest BCUT2D eigenvalue weighted by Gasteiger charge is 2.39. The highest BCUT2D eigenvalue weighted by Crippen LogP contribution is 2.53. The van der Waals surface area contributed by atoms with Crippen molar-refractivity contribution in [1.29, 1.82) is 52.6 Å². The Labute approximate surface area is 258 Å². The van der Waals surface area contributed by atoms with Crippen LogP contribution in [0.4, 0.5) is 0 Å². The minimum absolute atomic E-state index is 0.0866. The Morgan fingerprint density at radius 2 is 0.696 bits per heavy atom. The van der Waals surface area contributed by atoms with Gasteiger partial charge in [0.2, 0.25) is 0 Å². The summed E-state index contributed by atoms with van der Waals surface area (Å²) in [7, 11) is 0. The Morgan fingerprint density at radius 3 is 0.957 bits per heavy atom.